The van der Waals surface area contributed by atoms with Crippen LogP contribution >= 0.6 is 0 Å². The van der Waals surface area contributed by atoms with Gasteiger partial charge in [-0.3, -0.25) is 9.59 Å². The van der Waals surface area contributed by atoms with Gasteiger partial charge in [-0.25, -0.2) is 0 Å². The van der Waals surface area contributed by atoms with Gasteiger partial charge in [0.2, 0.25) is 0 Å². The Kier molecular flexibility index (Phi) is 4.34. The maximum absolute atomic E-state index is 12.6. The number of carbonyl (C=O) groups excluding carboxylic acids is 1. The molecule has 116 valence electrons. The number of aliphatic carboxylic acids is 1. The standard InChI is InChI=1S/C14H20N2O5/c1-14(2)9-16(6-10(8-17)21-14)13(20)11-4-3-5-15(11)7-12(18)19/h3-5,10,17H,6-9H2,1-2H3,(H,18,19). The fourth-order valence-electron chi connectivity index (χ4n) is 2.60. The third kappa shape index (κ3) is 3.62. The molecule has 21 heavy (non-hydrogen) atoms. The van der Waals surface area contributed by atoms with E-state index in [2.05, 4.69) is 0 Å². The summed E-state index contributed by atoms with van der Waals surface area (Å²) >= 11 is 0. The van der Waals surface area contributed by atoms with Crippen molar-refractivity contribution in [3.05, 3.63) is 24.0 Å². The molecule has 1 aromatic rings. The first-order chi connectivity index (χ1) is 9.82. The summed E-state index contributed by atoms with van der Waals surface area (Å²) < 4.78 is 7.07. The number of morpholine rings is 1. The van der Waals surface area contributed by atoms with Crippen molar-refractivity contribution in [1.82, 2.24) is 9.47 Å². The second-order valence-corrected chi connectivity index (χ2v) is 5.78. The van der Waals surface area contributed by atoms with E-state index in [1.54, 1.807) is 23.2 Å². The molecule has 1 aliphatic rings. The van der Waals surface area contributed by atoms with E-state index in [1.807, 2.05) is 13.8 Å². The van der Waals surface area contributed by atoms with Crippen molar-refractivity contribution in [3.63, 3.8) is 0 Å². The molecule has 0 aromatic carbocycles. The summed E-state index contributed by atoms with van der Waals surface area (Å²) in [6, 6.07) is 3.24. The highest BCUT2D eigenvalue weighted by molar-refractivity contribution is 5.93. The molecule has 1 fully saturated rings. The Balaban J connectivity index is 2.19. The van der Waals surface area contributed by atoms with Crippen molar-refractivity contribution in [2.24, 2.45) is 0 Å². The van der Waals surface area contributed by atoms with Crippen LogP contribution in [0.25, 0.3) is 0 Å². The van der Waals surface area contributed by atoms with Crippen LogP contribution in [-0.4, -0.2) is 63.0 Å². The van der Waals surface area contributed by atoms with E-state index in [0.29, 0.717) is 12.2 Å². The number of hydrogen-bond acceptors (Lipinski definition) is 4. The smallest absolute Gasteiger partial charge is 0.323 e. The average molecular weight is 296 g/mol. The van der Waals surface area contributed by atoms with Crippen LogP contribution in [-0.2, 0) is 16.1 Å². The number of amides is 1. The Bertz CT molecular complexity index is 537. The van der Waals surface area contributed by atoms with Crippen LogP contribution in [0.4, 0.5) is 0 Å². The monoisotopic (exact) mass is 296 g/mol. The molecule has 1 atom stereocenters. The number of rotatable bonds is 4. The van der Waals surface area contributed by atoms with Gasteiger partial charge in [0.1, 0.15) is 12.2 Å². The normalized spacial score (nSPS) is 21.3. The van der Waals surface area contributed by atoms with Gasteiger partial charge in [-0.1, -0.05) is 0 Å². The van der Waals surface area contributed by atoms with Gasteiger partial charge in [0.25, 0.3) is 5.91 Å². The van der Waals surface area contributed by atoms with Crippen LogP contribution in [0.3, 0.4) is 0 Å². The lowest BCUT2D eigenvalue weighted by Gasteiger charge is -2.42. The second kappa shape index (κ2) is 5.87. The van der Waals surface area contributed by atoms with Crippen LogP contribution in [0, 0.1) is 0 Å². The van der Waals surface area contributed by atoms with Crippen LogP contribution < -0.4 is 0 Å². The zero-order chi connectivity index (χ0) is 15.6. The molecule has 0 saturated carbocycles. The first-order valence-corrected chi connectivity index (χ1v) is 6.77. The molecule has 1 aromatic heterocycles. The molecule has 2 heterocycles. The number of ether oxygens (including phenoxy) is 1. The molecular weight excluding hydrogens is 276 g/mol. The van der Waals surface area contributed by atoms with E-state index in [4.69, 9.17) is 9.84 Å². The third-order valence-electron chi connectivity index (χ3n) is 3.33. The second-order valence-electron chi connectivity index (χ2n) is 5.78. The Morgan fingerprint density at radius 3 is 2.81 bits per heavy atom. The van der Waals surface area contributed by atoms with Crippen LogP contribution in [0.2, 0.25) is 0 Å². The molecule has 1 unspecified atom stereocenters. The van der Waals surface area contributed by atoms with Crippen molar-refractivity contribution in [1.29, 1.82) is 0 Å². The van der Waals surface area contributed by atoms with Gasteiger partial charge < -0.3 is 24.4 Å². The Labute approximate surface area is 122 Å². The summed E-state index contributed by atoms with van der Waals surface area (Å²) in [5.41, 5.74) is -0.224. The first-order valence-electron chi connectivity index (χ1n) is 6.77. The van der Waals surface area contributed by atoms with Crippen molar-refractivity contribution in [3.8, 4) is 0 Å². The highest BCUT2D eigenvalue weighted by Crippen LogP contribution is 2.22. The van der Waals surface area contributed by atoms with E-state index < -0.39 is 17.7 Å². The molecule has 0 spiro atoms. The number of carboxylic acids is 1. The Morgan fingerprint density at radius 1 is 1.48 bits per heavy atom. The molecule has 2 N–H and O–H groups in total. The van der Waals surface area contributed by atoms with Crippen molar-refractivity contribution >= 4 is 11.9 Å². The zero-order valence-electron chi connectivity index (χ0n) is 12.2. The maximum Gasteiger partial charge on any atom is 0.323 e. The third-order valence-corrected chi connectivity index (χ3v) is 3.33. The number of hydrogen-bond donors (Lipinski definition) is 2. The molecule has 1 amide bonds. The highest BCUT2D eigenvalue weighted by Gasteiger charge is 2.36. The molecule has 0 aliphatic carbocycles. The average Bonchev–Trinajstić information content (AvgIpc) is 2.83. The Morgan fingerprint density at radius 2 is 2.19 bits per heavy atom. The van der Waals surface area contributed by atoms with Gasteiger partial charge in [-0.05, 0) is 26.0 Å². The first kappa shape index (κ1) is 15.5. The SMILES string of the molecule is CC1(C)CN(C(=O)c2cccn2CC(=O)O)CC(CO)O1. The topological polar surface area (TPSA) is 92.0 Å². The predicted molar refractivity (Wildman–Crippen MR) is 74.0 cm³/mol. The quantitative estimate of drug-likeness (QED) is 0.827. The van der Waals surface area contributed by atoms with Crippen LogP contribution in [0.1, 0.15) is 24.3 Å². The van der Waals surface area contributed by atoms with Gasteiger partial charge in [0, 0.05) is 19.3 Å². The van der Waals surface area contributed by atoms with E-state index >= 15 is 0 Å². The molecule has 2 rings (SSSR count). The number of aliphatic hydroxyl groups excluding tert-OH is 1. The number of carbonyl (C=O) groups is 2. The summed E-state index contributed by atoms with van der Waals surface area (Å²) in [5.74, 6) is -1.26. The molecule has 0 bridgehead atoms. The summed E-state index contributed by atoms with van der Waals surface area (Å²) in [4.78, 5) is 25.0. The summed E-state index contributed by atoms with van der Waals surface area (Å²) in [7, 11) is 0. The zero-order valence-corrected chi connectivity index (χ0v) is 12.2. The largest absolute Gasteiger partial charge is 0.480 e. The van der Waals surface area contributed by atoms with Crippen LogP contribution in [0.15, 0.2) is 18.3 Å². The molecule has 1 saturated heterocycles. The van der Waals surface area contributed by atoms with Gasteiger partial charge in [-0.2, -0.15) is 0 Å². The maximum atomic E-state index is 12.6. The number of nitrogens with zero attached hydrogens (tertiary/aromatic N) is 2. The highest BCUT2D eigenvalue weighted by atomic mass is 16.5. The summed E-state index contributed by atoms with van der Waals surface area (Å²) in [6.45, 7) is 3.96. The minimum absolute atomic E-state index is 0.163. The number of carboxylic acid groups (broad SMARTS) is 1. The van der Waals surface area contributed by atoms with E-state index in [1.165, 1.54) is 4.57 Å². The minimum Gasteiger partial charge on any atom is -0.480 e. The lowest BCUT2D eigenvalue weighted by Crippen LogP contribution is -2.55. The summed E-state index contributed by atoms with van der Waals surface area (Å²) in [6.07, 6.45) is 1.14. The van der Waals surface area contributed by atoms with Crippen molar-refractivity contribution in [2.75, 3.05) is 19.7 Å². The van der Waals surface area contributed by atoms with Gasteiger partial charge in [0.15, 0.2) is 0 Å². The lowest BCUT2D eigenvalue weighted by atomic mass is 10.0. The lowest BCUT2D eigenvalue weighted by molar-refractivity contribution is -0.140. The van der Waals surface area contributed by atoms with E-state index in [0.717, 1.165) is 0 Å². The van der Waals surface area contributed by atoms with Crippen LogP contribution in [0.5, 0.6) is 0 Å². The molecule has 1 aliphatic heterocycles. The number of aromatic nitrogens is 1. The number of aliphatic hydroxyl groups is 1. The van der Waals surface area contributed by atoms with Gasteiger partial charge in [-0.15, -0.1) is 0 Å². The predicted octanol–water partition coefficient (Wildman–Crippen LogP) is 0.185. The summed E-state index contributed by atoms with van der Waals surface area (Å²) in [5, 5.41) is 18.1. The van der Waals surface area contributed by atoms with Crippen molar-refractivity contribution in [2.45, 2.75) is 32.1 Å². The van der Waals surface area contributed by atoms with E-state index in [-0.39, 0.29) is 25.6 Å². The van der Waals surface area contributed by atoms with Gasteiger partial charge >= 0.3 is 5.97 Å². The van der Waals surface area contributed by atoms with Crippen molar-refractivity contribution < 1.29 is 24.5 Å². The fourth-order valence-corrected chi connectivity index (χ4v) is 2.60. The van der Waals surface area contributed by atoms with Gasteiger partial charge in [0.05, 0.1) is 18.3 Å². The molecule has 7 nitrogen and oxygen atoms in total. The van der Waals surface area contributed by atoms with E-state index in [9.17, 15) is 14.7 Å². The molecule has 7 heteroatoms. The fraction of sp³-hybridized carbons (Fsp3) is 0.571. The molecule has 0 radical (unpaired) electrons. The Hall–Kier alpha value is -1.86. The minimum atomic E-state index is -1.00. The molecular formula is C14H20N2O5.